The van der Waals surface area contributed by atoms with Crippen molar-refractivity contribution in [2.75, 3.05) is 18.4 Å². The molecule has 0 radical (unpaired) electrons. The number of oxazole rings is 1. The molecule has 43 heavy (non-hydrogen) atoms. The highest BCUT2D eigenvalue weighted by molar-refractivity contribution is 7.92. The maximum absolute atomic E-state index is 13.6. The highest BCUT2D eigenvalue weighted by atomic mass is 35.5. The standard InChI is InChI=1S/C30H26Cl2N4O6S/c1-18-19(2)34-42-29(18)35-43(38,39)27-7-5-4-6-24(27)23-10-8-20(30-33-12-13-40-30)14-21(23)16-36(3)28(37)17-41-26-11-9-22(31)15-25(26)32/h4-15,35H,16-17H2,1-3H3. The number of ether oxygens (including phenoxy) is 1. The Labute approximate surface area is 258 Å². The number of hydrogen-bond donors (Lipinski definition) is 1. The summed E-state index contributed by atoms with van der Waals surface area (Å²) in [6.07, 6.45) is 2.98. The largest absolute Gasteiger partial charge is 0.482 e. The van der Waals surface area contributed by atoms with Crippen molar-refractivity contribution in [3.63, 3.8) is 0 Å². The van der Waals surface area contributed by atoms with Crippen molar-refractivity contribution in [2.45, 2.75) is 25.3 Å². The van der Waals surface area contributed by atoms with E-state index in [2.05, 4.69) is 14.9 Å². The van der Waals surface area contributed by atoms with E-state index in [1.165, 1.54) is 29.5 Å². The molecule has 13 heteroatoms. The number of anilines is 1. The Morgan fingerprint density at radius 3 is 2.53 bits per heavy atom. The summed E-state index contributed by atoms with van der Waals surface area (Å²) in [7, 11) is -2.48. The lowest BCUT2D eigenvalue weighted by Gasteiger charge is -2.21. The van der Waals surface area contributed by atoms with Gasteiger partial charge in [-0.25, -0.2) is 18.1 Å². The monoisotopic (exact) mass is 640 g/mol. The normalized spacial score (nSPS) is 11.4. The second-order valence-electron chi connectivity index (χ2n) is 9.65. The topological polar surface area (TPSA) is 128 Å². The van der Waals surface area contributed by atoms with Crippen LogP contribution in [0.1, 0.15) is 16.8 Å². The van der Waals surface area contributed by atoms with E-state index < -0.39 is 10.0 Å². The van der Waals surface area contributed by atoms with Crippen LogP contribution < -0.4 is 9.46 Å². The number of rotatable bonds is 10. The number of nitrogens with one attached hydrogen (secondary N) is 1. The van der Waals surface area contributed by atoms with Crippen molar-refractivity contribution in [1.82, 2.24) is 15.0 Å². The van der Waals surface area contributed by atoms with Crippen molar-refractivity contribution < 1.29 is 26.9 Å². The summed E-state index contributed by atoms with van der Waals surface area (Å²) in [5.74, 6) is 0.402. The third-order valence-electron chi connectivity index (χ3n) is 6.71. The van der Waals surface area contributed by atoms with Gasteiger partial charge in [0.05, 0.1) is 21.8 Å². The summed E-state index contributed by atoms with van der Waals surface area (Å²) >= 11 is 12.1. The fourth-order valence-corrected chi connectivity index (χ4v) is 6.02. The number of sulfonamides is 1. The lowest BCUT2D eigenvalue weighted by atomic mass is 9.97. The molecule has 1 N–H and O–H groups in total. The number of benzene rings is 3. The van der Waals surface area contributed by atoms with Crippen molar-refractivity contribution in [3.05, 3.63) is 100.0 Å². The minimum absolute atomic E-state index is 0.0169. The van der Waals surface area contributed by atoms with Crippen LogP contribution in [0.15, 0.2) is 87.0 Å². The molecule has 2 aromatic heterocycles. The van der Waals surface area contributed by atoms with Crippen molar-refractivity contribution >= 4 is 45.0 Å². The maximum Gasteiger partial charge on any atom is 0.264 e. The molecular weight excluding hydrogens is 615 g/mol. The van der Waals surface area contributed by atoms with Crippen LogP contribution in [0.5, 0.6) is 5.75 Å². The smallest absolute Gasteiger partial charge is 0.264 e. The molecule has 1 amide bonds. The first-order chi connectivity index (χ1) is 20.5. The summed E-state index contributed by atoms with van der Waals surface area (Å²) in [5.41, 5.74) is 3.46. The van der Waals surface area contributed by atoms with Gasteiger partial charge in [-0.05, 0) is 61.4 Å². The quantitative estimate of drug-likeness (QED) is 0.177. The number of carbonyl (C=O) groups excluding carboxylic acids is 1. The number of hydrogen-bond acceptors (Lipinski definition) is 8. The number of amides is 1. The SMILES string of the molecule is Cc1noc(NS(=O)(=O)c2ccccc2-c2ccc(-c3ncco3)cc2CN(C)C(=O)COc2ccc(Cl)cc2Cl)c1C. The molecule has 10 nitrogen and oxygen atoms in total. The second kappa shape index (κ2) is 12.5. The summed E-state index contributed by atoms with van der Waals surface area (Å²) in [6, 6.07) is 16.7. The Bertz CT molecular complexity index is 1890. The van der Waals surface area contributed by atoms with Gasteiger partial charge in [0, 0.05) is 35.3 Å². The predicted molar refractivity (Wildman–Crippen MR) is 163 cm³/mol. The number of nitrogens with zero attached hydrogens (tertiary/aromatic N) is 3. The summed E-state index contributed by atoms with van der Waals surface area (Å²) in [4.78, 5) is 18.8. The zero-order chi connectivity index (χ0) is 30.7. The predicted octanol–water partition coefficient (Wildman–Crippen LogP) is 6.76. The molecule has 0 saturated carbocycles. The van der Waals surface area contributed by atoms with Crippen LogP contribution in [0, 0.1) is 13.8 Å². The van der Waals surface area contributed by atoms with E-state index in [9.17, 15) is 13.2 Å². The average Bonchev–Trinajstić information content (AvgIpc) is 3.63. The minimum Gasteiger partial charge on any atom is -0.482 e. The Kier molecular flexibility index (Phi) is 8.77. The van der Waals surface area contributed by atoms with Gasteiger partial charge < -0.3 is 18.6 Å². The Hall–Kier alpha value is -4.32. The highest BCUT2D eigenvalue weighted by Crippen LogP contribution is 2.35. The number of aromatic nitrogens is 2. The van der Waals surface area contributed by atoms with E-state index in [0.717, 1.165) is 0 Å². The molecular formula is C30H26Cl2N4O6S. The highest BCUT2D eigenvalue weighted by Gasteiger charge is 2.25. The van der Waals surface area contributed by atoms with Crippen LogP contribution in [0.4, 0.5) is 5.88 Å². The molecule has 0 atom stereocenters. The molecule has 222 valence electrons. The minimum atomic E-state index is -4.10. The number of halogens is 2. The zero-order valence-electron chi connectivity index (χ0n) is 23.3. The van der Waals surface area contributed by atoms with Gasteiger partial charge in [0.1, 0.15) is 12.0 Å². The molecule has 5 aromatic rings. The third kappa shape index (κ3) is 6.69. The Balaban J connectivity index is 1.48. The van der Waals surface area contributed by atoms with Gasteiger partial charge >= 0.3 is 0 Å². The molecule has 0 fully saturated rings. The summed E-state index contributed by atoms with van der Waals surface area (Å²) < 4.78 is 46.0. The van der Waals surface area contributed by atoms with Gasteiger partial charge in [0.25, 0.3) is 15.9 Å². The van der Waals surface area contributed by atoms with Gasteiger partial charge in [0.15, 0.2) is 6.61 Å². The zero-order valence-corrected chi connectivity index (χ0v) is 25.6. The first-order valence-electron chi connectivity index (χ1n) is 12.9. The Morgan fingerprint density at radius 2 is 1.84 bits per heavy atom. The van der Waals surface area contributed by atoms with E-state index in [1.807, 2.05) is 6.07 Å². The first kappa shape index (κ1) is 30.1. The van der Waals surface area contributed by atoms with Crippen LogP contribution >= 0.6 is 23.2 Å². The number of carbonyl (C=O) groups is 1. The average molecular weight is 642 g/mol. The summed E-state index contributed by atoms with van der Waals surface area (Å²) in [6.45, 7) is 3.27. The lowest BCUT2D eigenvalue weighted by Crippen LogP contribution is -2.31. The third-order valence-corrected chi connectivity index (χ3v) is 8.63. The van der Waals surface area contributed by atoms with Crippen molar-refractivity contribution in [2.24, 2.45) is 0 Å². The van der Waals surface area contributed by atoms with Gasteiger partial charge in [0.2, 0.25) is 11.8 Å². The van der Waals surface area contributed by atoms with Gasteiger partial charge in [-0.2, -0.15) is 0 Å². The van der Waals surface area contributed by atoms with Crippen LogP contribution in [-0.2, 0) is 21.4 Å². The number of likely N-dealkylation sites (N-methyl/N-ethyl adjacent to an activating group) is 1. The van der Waals surface area contributed by atoms with Crippen LogP contribution in [0.3, 0.4) is 0 Å². The second-order valence-corrected chi connectivity index (χ2v) is 12.1. The first-order valence-corrected chi connectivity index (χ1v) is 15.2. The van der Waals surface area contributed by atoms with Gasteiger partial charge in [-0.3, -0.25) is 4.79 Å². The summed E-state index contributed by atoms with van der Waals surface area (Å²) in [5, 5.41) is 4.57. The van der Waals surface area contributed by atoms with E-state index in [1.54, 1.807) is 63.4 Å². The fraction of sp³-hybridized carbons (Fsp3) is 0.167. The van der Waals surface area contributed by atoms with E-state index in [4.69, 9.17) is 36.9 Å². The lowest BCUT2D eigenvalue weighted by molar-refractivity contribution is -0.132. The molecule has 0 aliphatic carbocycles. The van der Waals surface area contributed by atoms with Gasteiger partial charge in [-0.1, -0.05) is 52.6 Å². The molecule has 5 rings (SSSR count). The van der Waals surface area contributed by atoms with Crippen LogP contribution in [0.2, 0.25) is 10.0 Å². The van der Waals surface area contributed by atoms with Crippen molar-refractivity contribution in [3.8, 4) is 28.3 Å². The van der Waals surface area contributed by atoms with Crippen LogP contribution in [0.25, 0.3) is 22.6 Å². The van der Waals surface area contributed by atoms with Crippen molar-refractivity contribution in [1.29, 1.82) is 0 Å². The number of aryl methyl sites for hydroxylation is 1. The molecule has 0 aliphatic heterocycles. The van der Waals surface area contributed by atoms with E-state index >= 15 is 0 Å². The molecule has 0 spiro atoms. The molecule has 0 unspecified atom stereocenters. The molecule has 3 aromatic carbocycles. The Morgan fingerprint density at radius 1 is 1.05 bits per heavy atom. The fourth-order valence-electron chi connectivity index (χ4n) is 4.28. The van der Waals surface area contributed by atoms with E-state index in [0.29, 0.717) is 50.2 Å². The molecule has 2 heterocycles. The van der Waals surface area contributed by atoms with Gasteiger partial charge in [-0.15, -0.1) is 0 Å². The van der Waals surface area contributed by atoms with E-state index in [-0.39, 0.29) is 34.9 Å². The molecule has 0 bridgehead atoms. The van der Waals surface area contributed by atoms with Crippen LogP contribution in [-0.4, -0.2) is 43.0 Å². The molecule has 0 aliphatic rings. The molecule has 0 saturated heterocycles. The maximum atomic E-state index is 13.6.